The Kier molecular flexibility index (Phi) is 6.22. The van der Waals surface area contributed by atoms with E-state index in [0.717, 1.165) is 32.1 Å². The van der Waals surface area contributed by atoms with Crippen LogP contribution in [-0.4, -0.2) is 65.6 Å². The summed E-state index contributed by atoms with van der Waals surface area (Å²) < 4.78 is 47.5. The van der Waals surface area contributed by atoms with Gasteiger partial charge in [-0.15, -0.1) is 0 Å². The Balaban J connectivity index is 2.45. The minimum absolute atomic E-state index is 0.297. The van der Waals surface area contributed by atoms with Crippen LogP contribution in [0.25, 0.3) is 0 Å². The van der Waals surface area contributed by atoms with Crippen LogP contribution >= 0.6 is 0 Å². The van der Waals surface area contributed by atoms with Crippen LogP contribution < -0.4 is 5.32 Å². The Hall–Kier alpha value is -0.180. The van der Waals surface area contributed by atoms with E-state index in [9.17, 15) is 16.8 Å². The van der Waals surface area contributed by atoms with E-state index in [1.165, 1.54) is 4.31 Å². The highest BCUT2D eigenvalue weighted by Gasteiger charge is 2.28. The minimum atomic E-state index is -3.42. The highest BCUT2D eigenvalue weighted by molar-refractivity contribution is 7.93. The van der Waals surface area contributed by atoms with Crippen molar-refractivity contribution < 1.29 is 16.8 Å². The number of piperidine rings is 1. The van der Waals surface area contributed by atoms with Crippen LogP contribution in [0.15, 0.2) is 0 Å². The lowest BCUT2D eigenvalue weighted by Gasteiger charge is -2.31. The summed E-state index contributed by atoms with van der Waals surface area (Å²) in [6, 6.07) is 0. The fourth-order valence-electron chi connectivity index (χ4n) is 2.21. The number of rotatable bonds is 7. The molecule has 0 amide bonds. The Labute approximate surface area is 116 Å². The van der Waals surface area contributed by atoms with Gasteiger partial charge < -0.3 is 5.32 Å². The van der Waals surface area contributed by atoms with Crippen LogP contribution in [0.1, 0.15) is 19.3 Å². The summed E-state index contributed by atoms with van der Waals surface area (Å²) in [7, 11) is -4.75. The zero-order valence-corrected chi connectivity index (χ0v) is 13.3. The first-order valence-corrected chi connectivity index (χ1v) is 10.2. The van der Waals surface area contributed by atoms with Gasteiger partial charge in [0.15, 0.2) is 0 Å². The van der Waals surface area contributed by atoms with Crippen molar-refractivity contribution in [1.29, 1.82) is 0 Å². The molecule has 1 fully saturated rings. The second-order valence-corrected chi connectivity index (χ2v) is 9.53. The SMILES string of the molecule is CNCCC1CCN(S(=O)(=O)CCS(C)(=O)=O)CC1. The molecule has 0 saturated carbocycles. The average molecular weight is 312 g/mol. The molecule has 1 heterocycles. The zero-order valence-electron chi connectivity index (χ0n) is 11.6. The largest absolute Gasteiger partial charge is 0.320 e. The fourth-order valence-corrected chi connectivity index (χ4v) is 5.29. The molecule has 0 aromatic carbocycles. The molecule has 1 N–H and O–H groups in total. The number of sulfone groups is 1. The molecular formula is C11H24N2O4S2. The summed E-state index contributed by atoms with van der Waals surface area (Å²) in [4.78, 5) is 0. The molecular weight excluding hydrogens is 288 g/mol. The highest BCUT2D eigenvalue weighted by atomic mass is 32.2. The summed E-state index contributed by atoms with van der Waals surface area (Å²) in [5, 5.41) is 3.09. The zero-order chi connectivity index (χ0) is 14.5. The maximum absolute atomic E-state index is 12.0. The van der Waals surface area contributed by atoms with Crippen molar-refractivity contribution in [2.75, 3.05) is 44.4 Å². The summed E-state index contributed by atoms with van der Waals surface area (Å²) in [6.45, 7) is 1.98. The average Bonchev–Trinajstić information content (AvgIpc) is 2.34. The van der Waals surface area contributed by atoms with Crippen molar-refractivity contribution in [3.63, 3.8) is 0 Å². The Bertz CT molecular complexity index is 465. The molecule has 0 unspecified atom stereocenters. The fraction of sp³-hybridized carbons (Fsp3) is 1.00. The van der Waals surface area contributed by atoms with E-state index in [1.807, 2.05) is 7.05 Å². The third-order valence-corrected chi connectivity index (χ3v) is 6.56. The number of sulfonamides is 1. The summed E-state index contributed by atoms with van der Waals surface area (Å²) in [6.07, 6.45) is 3.85. The Morgan fingerprint density at radius 2 is 1.68 bits per heavy atom. The first-order chi connectivity index (χ1) is 8.74. The molecule has 114 valence electrons. The first-order valence-electron chi connectivity index (χ1n) is 6.55. The van der Waals surface area contributed by atoms with Crippen LogP contribution in [0, 0.1) is 5.92 Å². The molecule has 0 spiro atoms. The number of nitrogens with zero attached hydrogens (tertiary/aromatic N) is 1. The first kappa shape index (κ1) is 16.9. The molecule has 1 saturated heterocycles. The molecule has 1 aliphatic rings. The monoisotopic (exact) mass is 312 g/mol. The van der Waals surface area contributed by atoms with Crippen LogP contribution in [0.3, 0.4) is 0 Å². The summed E-state index contributed by atoms with van der Waals surface area (Å²) >= 11 is 0. The molecule has 0 atom stereocenters. The molecule has 1 aliphatic heterocycles. The third kappa shape index (κ3) is 6.20. The highest BCUT2D eigenvalue weighted by Crippen LogP contribution is 2.22. The molecule has 1 rings (SSSR count). The van der Waals surface area contributed by atoms with E-state index in [4.69, 9.17) is 0 Å². The van der Waals surface area contributed by atoms with E-state index in [2.05, 4.69) is 5.32 Å². The van der Waals surface area contributed by atoms with Crippen LogP contribution in [0.4, 0.5) is 0 Å². The molecule has 0 aromatic heterocycles. The predicted octanol–water partition coefficient (Wildman–Crippen LogP) is -0.318. The molecule has 0 bridgehead atoms. The second kappa shape index (κ2) is 7.01. The Morgan fingerprint density at radius 3 is 2.16 bits per heavy atom. The predicted molar refractivity (Wildman–Crippen MR) is 76.3 cm³/mol. The van der Waals surface area contributed by atoms with Crippen LogP contribution in [-0.2, 0) is 19.9 Å². The maximum atomic E-state index is 12.0. The number of hydrogen-bond acceptors (Lipinski definition) is 5. The molecule has 0 aromatic rings. The van der Waals surface area contributed by atoms with Crippen molar-refractivity contribution in [3.05, 3.63) is 0 Å². The summed E-state index contributed by atoms with van der Waals surface area (Å²) in [5.41, 5.74) is 0. The normalized spacial score (nSPS) is 19.7. The van der Waals surface area contributed by atoms with Crippen molar-refractivity contribution in [2.45, 2.75) is 19.3 Å². The van der Waals surface area contributed by atoms with E-state index in [1.54, 1.807) is 0 Å². The summed E-state index contributed by atoms with van der Waals surface area (Å²) in [5.74, 6) is -0.0315. The molecule has 8 heteroatoms. The van der Waals surface area contributed by atoms with Gasteiger partial charge in [-0.2, -0.15) is 0 Å². The van der Waals surface area contributed by atoms with Gasteiger partial charge in [0.2, 0.25) is 10.0 Å². The number of nitrogens with one attached hydrogen (secondary N) is 1. The van der Waals surface area contributed by atoms with Gasteiger partial charge in [0.05, 0.1) is 11.5 Å². The van der Waals surface area contributed by atoms with Gasteiger partial charge in [-0.3, -0.25) is 0 Å². The van der Waals surface area contributed by atoms with Gasteiger partial charge in [0, 0.05) is 19.3 Å². The van der Waals surface area contributed by atoms with E-state index in [-0.39, 0.29) is 11.5 Å². The van der Waals surface area contributed by atoms with Crippen molar-refractivity contribution >= 4 is 19.9 Å². The van der Waals surface area contributed by atoms with Gasteiger partial charge in [0.25, 0.3) is 0 Å². The van der Waals surface area contributed by atoms with Gasteiger partial charge in [-0.1, -0.05) is 0 Å². The van der Waals surface area contributed by atoms with Gasteiger partial charge >= 0.3 is 0 Å². The standard InChI is InChI=1S/C11H24N2O4S2/c1-12-6-3-11-4-7-13(8-5-11)19(16,17)10-9-18(2,14)15/h11-12H,3-10H2,1-2H3. The number of hydrogen-bond donors (Lipinski definition) is 1. The topological polar surface area (TPSA) is 83.6 Å². The van der Waals surface area contributed by atoms with Crippen LogP contribution in [0.5, 0.6) is 0 Å². The van der Waals surface area contributed by atoms with Crippen molar-refractivity contribution in [2.24, 2.45) is 5.92 Å². The third-order valence-electron chi connectivity index (χ3n) is 3.48. The molecule has 0 aliphatic carbocycles. The molecule has 19 heavy (non-hydrogen) atoms. The molecule has 0 radical (unpaired) electrons. The van der Waals surface area contributed by atoms with Gasteiger partial charge in [0.1, 0.15) is 9.84 Å². The van der Waals surface area contributed by atoms with Gasteiger partial charge in [-0.25, -0.2) is 21.1 Å². The van der Waals surface area contributed by atoms with Crippen LogP contribution in [0.2, 0.25) is 0 Å². The molecule has 6 nitrogen and oxygen atoms in total. The van der Waals surface area contributed by atoms with Crippen molar-refractivity contribution in [1.82, 2.24) is 9.62 Å². The minimum Gasteiger partial charge on any atom is -0.320 e. The second-order valence-electron chi connectivity index (χ2n) is 5.18. The smallest absolute Gasteiger partial charge is 0.215 e. The maximum Gasteiger partial charge on any atom is 0.215 e. The van der Waals surface area contributed by atoms with E-state index in [0.29, 0.717) is 19.0 Å². The lowest BCUT2D eigenvalue weighted by molar-refractivity contribution is 0.263. The van der Waals surface area contributed by atoms with Gasteiger partial charge in [-0.05, 0) is 38.8 Å². The lowest BCUT2D eigenvalue weighted by atomic mass is 9.95. The lowest BCUT2D eigenvalue weighted by Crippen LogP contribution is -2.41. The quantitative estimate of drug-likeness (QED) is 0.697. The van der Waals surface area contributed by atoms with E-state index < -0.39 is 19.9 Å². The van der Waals surface area contributed by atoms with Crippen molar-refractivity contribution in [3.8, 4) is 0 Å². The Morgan fingerprint density at radius 1 is 1.11 bits per heavy atom. The van der Waals surface area contributed by atoms with E-state index >= 15 is 0 Å².